The van der Waals surface area contributed by atoms with Gasteiger partial charge < -0.3 is 29.2 Å². The van der Waals surface area contributed by atoms with Crippen LogP contribution in [-0.4, -0.2) is 146 Å². The number of nitrogens with one attached hydrogen (secondary N) is 2. The monoisotopic (exact) mass is 886 g/mol. The first-order chi connectivity index (χ1) is 30.1. The van der Waals surface area contributed by atoms with Gasteiger partial charge in [0.05, 0.1) is 48.2 Å². The molecule has 4 amide bonds. The van der Waals surface area contributed by atoms with Crippen LogP contribution < -0.4 is 30.6 Å². The van der Waals surface area contributed by atoms with Gasteiger partial charge in [-0.2, -0.15) is 0 Å². The predicted octanol–water partition coefficient (Wildman–Crippen LogP) is 3.84. The van der Waals surface area contributed by atoms with Gasteiger partial charge in [-0.3, -0.25) is 44.0 Å². The molecular weight excluding hydrogens is 835 g/mol. The number of rotatable bonds is 12. The van der Waals surface area contributed by atoms with E-state index in [0.29, 0.717) is 102 Å². The number of imide groups is 1. The van der Waals surface area contributed by atoms with E-state index in [2.05, 4.69) is 27.0 Å². The number of anilines is 1. The number of benzene rings is 2. The number of carbonyl (C=O) groups is 4. The molecule has 0 spiro atoms. The summed E-state index contributed by atoms with van der Waals surface area (Å²) in [5.74, 6) is -3.79. The number of methoxy groups -OCH3 is 2. The number of piperazine rings is 1. The van der Waals surface area contributed by atoms with Crippen molar-refractivity contribution >= 4 is 56.4 Å². The van der Waals surface area contributed by atoms with Crippen molar-refractivity contribution in [1.82, 2.24) is 34.8 Å². The Labute approximate surface area is 367 Å². The lowest BCUT2D eigenvalue weighted by atomic mass is 10.0. The summed E-state index contributed by atoms with van der Waals surface area (Å²) in [5.41, 5.74) is 4.38. The highest BCUT2D eigenvalue weighted by atomic mass is 32.1. The van der Waals surface area contributed by atoms with E-state index < -0.39 is 36.4 Å². The minimum absolute atomic E-state index is 0.0633. The molecule has 0 saturated carbocycles. The molecule has 6 heterocycles. The number of hydrogen-bond donors (Lipinski definition) is 2. The number of carbonyl (C=O) groups excluding carboxylic acids is 4. The number of pyridine rings is 1. The second kappa shape index (κ2) is 17.5. The number of piperidine rings is 2. The van der Waals surface area contributed by atoms with Crippen LogP contribution >= 0.6 is 11.3 Å². The van der Waals surface area contributed by atoms with Crippen molar-refractivity contribution in [2.45, 2.75) is 43.8 Å². The van der Waals surface area contributed by atoms with E-state index in [0.717, 1.165) is 22.6 Å². The number of hydrogen-bond acceptors (Lipinski definition) is 12. The first-order valence-corrected chi connectivity index (χ1v) is 21.8. The molecule has 2 aromatic heterocycles. The third-order valence-corrected chi connectivity index (χ3v) is 13.7. The fourth-order valence-electron chi connectivity index (χ4n) is 9.10. The van der Waals surface area contributed by atoms with Crippen molar-refractivity contribution in [3.63, 3.8) is 0 Å². The summed E-state index contributed by atoms with van der Waals surface area (Å²) in [6.07, 6.45) is 2.16. The molecule has 2 aromatic carbocycles. The topological polar surface area (TPSA) is 149 Å². The average Bonchev–Trinajstić information content (AvgIpc) is 3.81. The van der Waals surface area contributed by atoms with Gasteiger partial charge in [0.1, 0.15) is 17.5 Å². The maximum absolute atomic E-state index is 15.8. The third-order valence-electron chi connectivity index (χ3n) is 12.5. The Kier molecular flexibility index (Phi) is 12.2. The van der Waals surface area contributed by atoms with E-state index in [-0.39, 0.29) is 41.5 Å². The van der Waals surface area contributed by atoms with Gasteiger partial charge in [0, 0.05) is 99.2 Å². The van der Waals surface area contributed by atoms with Crippen molar-refractivity contribution in [1.29, 1.82) is 0 Å². The number of fused-ring (bicyclic) bond motifs is 2. The molecule has 2 N–H and O–H groups in total. The zero-order valence-corrected chi connectivity index (χ0v) is 36.9. The predicted molar refractivity (Wildman–Crippen MR) is 237 cm³/mol. The molecule has 3 saturated heterocycles. The van der Waals surface area contributed by atoms with Gasteiger partial charge in [-0.05, 0) is 62.8 Å². The van der Waals surface area contributed by atoms with Crippen LogP contribution in [0.3, 0.4) is 0 Å². The van der Waals surface area contributed by atoms with Gasteiger partial charge in [-0.1, -0.05) is 12.6 Å². The van der Waals surface area contributed by atoms with Gasteiger partial charge in [0.25, 0.3) is 23.3 Å². The molecule has 3 fully saturated rings. The Balaban J connectivity index is 0.864. The summed E-state index contributed by atoms with van der Waals surface area (Å²) in [6.45, 7) is 8.32. The van der Waals surface area contributed by atoms with Crippen LogP contribution in [0.25, 0.3) is 26.9 Å². The van der Waals surface area contributed by atoms with E-state index in [1.165, 1.54) is 15.5 Å². The molecule has 0 bridgehead atoms. The number of amides is 4. The maximum atomic E-state index is 15.8. The Morgan fingerprint density at radius 1 is 0.937 bits per heavy atom. The number of nitrogens with zero attached hydrogens (tertiary/aromatic N) is 6. The van der Waals surface area contributed by atoms with Gasteiger partial charge in [0.2, 0.25) is 11.8 Å². The highest BCUT2D eigenvalue weighted by molar-refractivity contribution is 7.21. The number of aryl methyl sites for hydroxylation is 1. The van der Waals surface area contributed by atoms with Crippen molar-refractivity contribution in [3.05, 3.63) is 81.1 Å². The van der Waals surface area contributed by atoms with E-state index in [4.69, 9.17) is 9.47 Å². The molecule has 8 rings (SSSR count). The van der Waals surface area contributed by atoms with E-state index in [1.807, 2.05) is 49.3 Å². The number of halogens is 2. The molecule has 18 heteroatoms. The lowest BCUT2D eigenvalue weighted by Gasteiger charge is -2.40. The summed E-state index contributed by atoms with van der Waals surface area (Å²) in [4.78, 5) is 74.4. The molecule has 2 unspecified atom stereocenters. The van der Waals surface area contributed by atoms with E-state index in [9.17, 15) is 24.0 Å². The summed E-state index contributed by atoms with van der Waals surface area (Å²) in [7, 11) is 8.67. The first-order valence-electron chi connectivity index (χ1n) is 21.0. The molecule has 2 atom stereocenters. The number of thiophene rings is 1. The summed E-state index contributed by atoms with van der Waals surface area (Å²) in [5, 5.41) is 5.23. The molecule has 4 aromatic rings. The maximum Gasteiger partial charge on any atom is 0.280 e. The Hall–Kier alpha value is -5.69. The second-order valence-corrected chi connectivity index (χ2v) is 18.0. The minimum Gasteiger partial charge on any atom is -0.496 e. The lowest BCUT2D eigenvalue weighted by Crippen LogP contribution is -2.59. The summed E-state index contributed by atoms with van der Waals surface area (Å²) >= 11 is 1.09. The van der Waals surface area contributed by atoms with Gasteiger partial charge in [-0.15, -0.1) is 11.3 Å². The van der Waals surface area contributed by atoms with Crippen LogP contribution in [-0.2, 0) is 23.2 Å². The molecule has 0 aliphatic carbocycles. The molecule has 334 valence electrons. The van der Waals surface area contributed by atoms with E-state index >= 15 is 8.78 Å². The number of aromatic nitrogens is 1. The van der Waals surface area contributed by atoms with E-state index in [1.54, 1.807) is 32.4 Å². The lowest BCUT2D eigenvalue weighted by molar-refractivity contribution is -0.136. The number of alkyl halides is 2. The smallest absolute Gasteiger partial charge is 0.280 e. The van der Waals surface area contributed by atoms with Crippen LogP contribution in [0.15, 0.2) is 54.0 Å². The Bertz CT molecular complexity index is 2540. The number of likely N-dealkylation sites (tertiary alicyclic amines) is 1. The van der Waals surface area contributed by atoms with Crippen LogP contribution in [0, 0.1) is 0 Å². The van der Waals surface area contributed by atoms with Crippen molar-refractivity contribution in [2.24, 2.45) is 7.05 Å². The summed E-state index contributed by atoms with van der Waals surface area (Å²) < 4.78 is 45.0. The van der Waals surface area contributed by atoms with Gasteiger partial charge in [-0.25, -0.2) is 8.78 Å². The fourth-order valence-corrected chi connectivity index (χ4v) is 10.2. The third kappa shape index (κ3) is 8.56. The standard InChI is InChI=1S/C45H52F2N8O7S/c1-26-29-8-7-28(21-30(29)44(60)55(26)34-9-10-39(56)49-41(34)57)54-17-15-52(16-18-54)13-14-53-12-11-38(45(46,47)25-53)48-42(58)37-22-31-40(63-37)32(24-51(4)43(31)59)27-19-35(61-5)33(23-50(2)3)36(20-27)62-6/h7-8,19-22,24,34,38H,1,9-18,23,25H2,2-6H3,(H,48,58)(H,49,56,57). The van der Waals surface area contributed by atoms with Crippen molar-refractivity contribution in [3.8, 4) is 22.6 Å². The summed E-state index contributed by atoms with van der Waals surface area (Å²) in [6, 6.07) is 8.68. The molecule has 4 aliphatic heterocycles. The first kappa shape index (κ1) is 43.9. The van der Waals surface area contributed by atoms with Gasteiger partial charge in [0.15, 0.2) is 0 Å². The largest absolute Gasteiger partial charge is 0.496 e. The minimum atomic E-state index is -3.18. The second-order valence-electron chi connectivity index (χ2n) is 16.9. The zero-order chi connectivity index (χ0) is 44.9. The highest BCUT2D eigenvalue weighted by Gasteiger charge is 2.46. The van der Waals surface area contributed by atoms with Crippen molar-refractivity contribution < 1.29 is 37.4 Å². The molecule has 4 aliphatic rings. The van der Waals surface area contributed by atoms with Gasteiger partial charge >= 0.3 is 0 Å². The molecule has 0 radical (unpaired) electrons. The quantitative estimate of drug-likeness (QED) is 0.200. The van der Waals surface area contributed by atoms with Crippen LogP contribution in [0.5, 0.6) is 11.5 Å². The highest BCUT2D eigenvalue weighted by Crippen LogP contribution is 2.41. The Morgan fingerprint density at radius 2 is 1.63 bits per heavy atom. The molecule has 63 heavy (non-hydrogen) atoms. The molecular formula is C45H52F2N8O7S. The molecule has 15 nitrogen and oxygen atoms in total. The normalized spacial score (nSPS) is 20.7. The van der Waals surface area contributed by atoms with Crippen LogP contribution in [0.4, 0.5) is 14.5 Å². The van der Waals surface area contributed by atoms with Crippen LogP contribution in [0.1, 0.15) is 50.4 Å². The van der Waals surface area contributed by atoms with Crippen LogP contribution in [0.2, 0.25) is 0 Å². The zero-order valence-electron chi connectivity index (χ0n) is 36.1. The van der Waals surface area contributed by atoms with Crippen molar-refractivity contribution in [2.75, 3.05) is 85.6 Å². The average molecular weight is 887 g/mol. The number of ether oxygens (including phenoxy) is 2. The Morgan fingerprint density at radius 3 is 2.29 bits per heavy atom. The fraction of sp³-hybridized carbons (Fsp3) is 0.444. The SMILES string of the molecule is C=C1c2ccc(N3CCN(CCN4CCC(NC(=O)c5cc6c(=O)n(C)cc(-c7cc(OC)c(CN(C)C)c(OC)c7)c6s5)C(F)(F)C4)CC3)cc2C(=O)N1C1CCC(=O)NC1=O.